The number of benzene rings is 2. The second-order valence-electron chi connectivity index (χ2n) is 10.3. The third-order valence-corrected chi connectivity index (χ3v) is 7.80. The highest BCUT2D eigenvalue weighted by Crippen LogP contribution is 2.52. The van der Waals surface area contributed by atoms with E-state index < -0.39 is 83.0 Å². The monoisotopic (exact) mass is 546 g/mol. The Bertz CT molecular complexity index is 1370. The number of carbonyl (C=O) groups excluding carboxylic acids is 2. The van der Waals surface area contributed by atoms with E-state index in [-0.39, 0.29) is 34.6 Å². The van der Waals surface area contributed by atoms with Gasteiger partial charge in [0.05, 0.1) is 36.0 Å². The van der Waals surface area contributed by atoms with Crippen LogP contribution in [0.3, 0.4) is 0 Å². The van der Waals surface area contributed by atoms with Gasteiger partial charge in [0, 0.05) is 30.2 Å². The van der Waals surface area contributed by atoms with Crippen LogP contribution in [0, 0.1) is 6.92 Å². The molecule has 1 heterocycles. The summed E-state index contributed by atoms with van der Waals surface area (Å²) in [5, 5.41) is 65.6. The molecule has 2 aliphatic carbocycles. The zero-order valence-corrected chi connectivity index (χ0v) is 21.7. The van der Waals surface area contributed by atoms with Crippen molar-refractivity contribution in [1.82, 2.24) is 0 Å². The van der Waals surface area contributed by atoms with Crippen LogP contribution in [-0.2, 0) is 20.6 Å². The van der Waals surface area contributed by atoms with E-state index in [2.05, 4.69) is 0 Å². The highest BCUT2D eigenvalue weighted by Gasteiger charge is 2.52. The molecule has 3 aliphatic rings. The van der Waals surface area contributed by atoms with Gasteiger partial charge in [-0.2, -0.15) is 0 Å². The molecule has 7 atom stereocenters. The molecule has 0 spiro atoms. The largest absolute Gasteiger partial charge is 0.507 e. The number of phenols is 2. The summed E-state index contributed by atoms with van der Waals surface area (Å²) in [4.78, 5) is 27.3. The molecule has 0 saturated carbocycles. The van der Waals surface area contributed by atoms with E-state index in [9.17, 15) is 40.2 Å². The van der Waals surface area contributed by atoms with Crippen LogP contribution in [0.5, 0.6) is 17.2 Å². The number of aromatic hydroxyl groups is 2. The van der Waals surface area contributed by atoms with Gasteiger partial charge in [0.1, 0.15) is 47.8 Å². The third-order valence-electron chi connectivity index (χ3n) is 7.80. The van der Waals surface area contributed by atoms with Crippen molar-refractivity contribution in [3.8, 4) is 17.2 Å². The predicted octanol–water partition coefficient (Wildman–Crippen LogP) is 0.00902. The van der Waals surface area contributed by atoms with Crippen LogP contribution in [0.1, 0.15) is 61.6 Å². The fourth-order valence-corrected chi connectivity index (χ4v) is 5.76. The van der Waals surface area contributed by atoms with Gasteiger partial charge in [-0.3, -0.25) is 9.59 Å². The molecule has 2 aromatic carbocycles. The summed E-state index contributed by atoms with van der Waals surface area (Å²) in [6.07, 6.45) is -9.12. The number of hydrogen-bond donors (Lipinski definition) is 6. The minimum Gasteiger partial charge on any atom is -0.507 e. The van der Waals surface area contributed by atoms with E-state index in [0.29, 0.717) is 5.56 Å². The molecule has 0 radical (unpaired) electrons. The molecule has 39 heavy (non-hydrogen) atoms. The topological polar surface area (TPSA) is 192 Å². The van der Waals surface area contributed by atoms with Gasteiger partial charge in [-0.1, -0.05) is 6.07 Å². The SMILES string of the molecule is COc1c(C)ccc2c1C(=O)c1c(O)c3c(c(O)c1C2=O)CC(C)(O)C(O)C3O[C@@H]1OC[C@H](O)[C@@H](OC)[C@H]1O. The van der Waals surface area contributed by atoms with E-state index in [4.69, 9.17) is 18.9 Å². The van der Waals surface area contributed by atoms with E-state index >= 15 is 0 Å². The van der Waals surface area contributed by atoms with Crippen LogP contribution >= 0.6 is 0 Å². The summed E-state index contributed by atoms with van der Waals surface area (Å²) in [6.45, 7) is 2.65. The van der Waals surface area contributed by atoms with E-state index in [1.54, 1.807) is 13.0 Å². The molecule has 6 N–H and O–H groups in total. The van der Waals surface area contributed by atoms with Crippen LogP contribution in [0.2, 0.25) is 0 Å². The number of ketones is 2. The molecule has 0 amide bonds. The molecule has 210 valence electrons. The van der Waals surface area contributed by atoms with Crippen molar-refractivity contribution in [2.24, 2.45) is 0 Å². The molecule has 0 bridgehead atoms. The quantitative estimate of drug-likeness (QED) is 0.241. The third kappa shape index (κ3) is 3.94. The fraction of sp³-hybridized carbons (Fsp3) is 0.481. The second kappa shape index (κ2) is 9.52. The van der Waals surface area contributed by atoms with Crippen molar-refractivity contribution in [2.75, 3.05) is 20.8 Å². The minimum absolute atomic E-state index is 0.0251. The summed E-state index contributed by atoms with van der Waals surface area (Å²) in [5.74, 6) is -2.79. The Morgan fingerprint density at radius 2 is 1.67 bits per heavy atom. The van der Waals surface area contributed by atoms with Gasteiger partial charge in [0.2, 0.25) is 5.78 Å². The summed E-state index contributed by atoms with van der Waals surface area (Å²) >= 11 is 0. The van der Waals surface area contributed by atoms with Crippen molar-refractivity contribution in [2.45, 2.75) is 62.7 Å². The molecule has 12 nitrogen and oxygen atoms in total. The lowest BCUT2D eigenvalue weighted by atomic mass is 9.72. The first-order valence-corrected chi connectivity index (χ1v) is 12.3. The van der Waals surface area contributed by atoms with Gasteiger partial charge >= 0.3 is 0 Å². The average molecular weight is 547 g/mol. The van der Waals surface area contributed by atoms with Crippen LogP contribution in [0.15, 0.2) is 12.1 Å². The molecule has 1 fully saturated rings. The van der Waals surface area contributed by atoms with Crippen LogP contribution in [-0.4, -0.2) is 99.3 Å². The highest BCUT2D eigenvalue weighted by atomic mass is 16.7. The van der Waals surface area contributed by atoms with Gasteiger partial charge in [-0.15, -0.1) is 0 Å². The predicted molar refractivity (Wildman–Crippen MR) is 131 cm³/mol. The zero-order valence-electron chi connectivity index (χ0n) is 21.7. The number of rotatable bonds is 4. The number of hydrogen-bond acceptors (Lipinski definition) is 12. The Kier molecular flexibility index (Phi) is 6.71. The molecular formula is C27H30O12. The van der Waals surface area contributed by atoms with E-state index in [1.165, 1.54) is 27.2 Å². The average Bonchev–Trinajstić information content (AvgIpc) is 2.88. The number of phenolic OH excluding ortho intramolecular Hbond substituents is 2. The zero-order chi connectivity index (χ0) is 28.5. The van der Waals surface area contributed by atoms with Crippen LogP contribution in [0.4, 0.5) is 0 Å². The Balaban J connectivity index is 1.69. The number of fused-ring (bicyclic) bond motifs is 3. The number of carbonyl (C=O) groups is 2. The summed E-state index contributed by atoms with van der Waals surface area (Å²) in [7, 11) is 2.60. The highest BCUT2D eigenvalue weighted by molar-refractivity contribution is 6.31. The molecular weight excluding hydrogens is 516 g/mol. The molecule has 12 heteroatoms. The molecule has 5 rings (SSSR count). The van der Waals surface area contributed by atoms with Crippen molar-refractivity contribution >= 4 is 11.6 Å². The van der Waals surface area contributed by atoms with Crippen LogP contribution < -0.4 is 4.74 Å². The summed E-state index contributed by atoms with van der Waals surface area (Å²) in [6, 6.07) is 3.02. The minimum atomic E-state index is -1.93. The normalized spacial score (nSPS) is 31.9. The number of ether oxygens (including phenoxy) is 4. The maximum atomic E-state index is 13.8. The van der Waals surface area contributed by atoms with Crippen molar-refractivity contribution in [1.29, 1.82) is 0 Å². The first kappa shape index (κ1) is 27.5. The van der Waals surface area contributed by atoms with Gasteiger partial charge in [0.25, 0.3) is 0 Å². The first-order chi connectivity index (χ1) is 18.3. The molecule has 0 aromatic heterocycles. The molecule has 1 aliphatic heterocycles. The lowest BCUT2D eigenvalue weighted by Gasteiger charge is -2.44. The molecule has 1 saturated heterocycles. The summed E-state index contributed by atoms with van der Waals surface area (Å²) < 4.78 is 21.8. The number of methoxy groups -OCH3 is 2. The maximum absolute atomic E-state index is 13.8. The van der Waals surface area contributed by atoms with Gasteiger partial charge in [0.15, 0.2) is 12.1 Å². The Labute approximate surface area is 222 Å². The van der Waals surface area contributed by atoms with Gasteiger partial charge < -0.3 is 49.6 Å². The lowest BCUT2D eigenvalue weighted by molar-refractivity contribution is -0.302. The fourth-order valence-electron chi connectivity index (χ4n) is 5.76. The van der Waals surface area contributed by atoms with Crippen LogP contribution in [0.25, 0.3) is 0 Å². The van der Waals surface area contributed by atoms with Gasteiger partial charge in [-0.25, -0.2) is 0 Å². The first-order valence-electron chi connectivity index (χ1n) is 12.3. The number of aryl methyl sites for hydroxylation is 1. The summed E-state index contributed by atoms with van der Waals surface area (Å²) in [5.41, 5.74) is -2.82. The second-order valence-corrected chi connectivity index (χ2v) is 10.3. The number of aliphatic hydroxyl groups is 4. The smallest absolute Gasteiger partial charge is 0.202 e. The van der Waals surface area contributed by atoms with Crippen molar-refractivity contribution in [3.63, 3.8) is 0 Å². The van der Waals surface area contributed by atoms with E-state index in [1.807, 2.05) is 0 Å². The maximum Gasteiger partial charge on any atom is 0.202 e. The molecule has 2 aromatic rings. The Hall–Kier alpha value is -3.10. The lowest BCUT2D eigenvalue weighted by Crippen LogP contribution is -2.57. The van der Waals surface area contributed by atoms with Crippen molar-refractivity contribution < 1.29 is 59.2 Å². The molecule has 3 unspecified atom stereocenters. The Morgan fingerprint density at radius 1 is 1.00 bits per heavy atom. The van der Waals surface area contributed by atoms with Crippen molar-refractivity contribution in [3.05, 3.63) is 51.1 Å². The Morgan fingerprint density at radius 3 is 2.31 bits per heavy atom. The standard InChI is InChI=1S/C27H30O12/c1-9-5-6-10-13(22(9)36-3)19(31)16-15(17(10)29)18(30)11-7-27(2,35)25(34)24(14(11)20(16)32)39-26-21(33)23(37-4)12(28)8-38-26/h5-6,12,21,23-26,28,30,32-35H,7-8H2,1-4H3/t12-,21+,23+,24?,25?,26-,27?/m0/s1. The van der Waals surface area contributed by atoms with Gasteiger partial charge in [-0.05, 0) is 25.5 Å². The number of aliphatic hydroxyl groups excluding tert-OH is 3. The van der Waals surface area contributed by atoms with E-state index in [0.717, 1.165) is 0 Å².